The Hall–Kier alpha value is -2.34. The molecular weight excluding hydrogens is 284 g/mol. The Morgan fingerprint density at radius 3 is 2.82 bits per heavy atom. The van der Waals surface area contributed by atoms with Crippen LogP contribution in [0.4, 0.5) is 0 Å². The Labute approximate surface area is 129 Å². The Morgan fingerprint density at radius 2 is 2.09 bits per heavy atom. The molecule has 6 heteroatoms. The summed E-state index contributed by atoms with van der Waals surface area (Å²) in [6.45, 7) is 2.76. The number of ether oxygens (including phenoxy) is 2. The SMILES string of the molecule is COCCNC(=O)Cc1nc(-c2ccccc2OC)oc1C. The molecule has 1 heterocycles. The standard InChI is InChI=1S/C16H20N2O4/c1-11-13(10-15(19)17-8-9-20-2)18-16(22-11)12-6-4-5-7-14(12)21-3/h4-7H,8-10H2,1-3H3,(H,17,19). The first-order chi connectivity index (χ1) is 10.7. The van der Waals surface area contributed by atoms with Crippen LogP contribution < -0.4 is 10.1 Å². The number of aryl methyl sites for hydroxylation is 1. The van der Waals surface area contributed by atoms with Crippen LogP contribution in [-0.2, 0) is 16.0 Å². The quantitative estimate of drug-likeness (QED) is 0.792. The normalized spacial score (nSPS) is 10.5. The second-order valence-electron chi connectivity index (χ2n) is 4.74. The van der Waals surface area contributed by atoms with Gasteiger partial charge in [-0.15, -0.1) is 0 Å². The third-order valence-corrected chi connectivity index (χ3v) is 3.19. The average Bonchev–Trinajstić information content (AvgIpc) is 2.88. The van der Waals surface area contributed by atoms with E-state index in [1.807, 2.05) is 24.3 Å². The van der Waals surface area contributed by atoms with Crippen LogP contribution >= 0.6 is 0 Å². The van der Waals surface area contributed by atoms with Crippen molar-refractivity contribution in [3.63, 3.8) is 0 Å². The van der Waals surface area contributed by atoms with E-state index in [4.69, 9.17) is 13.9 Å². The minimum Gasteiger partial charge on any atom is -0.496 e. The maximum absolute atomic E-state index is 11.8. The third kappa shape index (κ3) is 3.85. The van der Waals surface area contributed by atoms with E-state index in [2.05, 4.69) is 10.3 Å². The monoisotopic (exact) mass is 304 g/mol. The fraction of sp³-hybridized carbons (Fsp3) is 0.375. The third-order valence-electron chi connectivity index (χ3n) is 3.19. The molecule has 0 aliphatic carbocycles. The van der Waals surface area contributed by atoms with Crippen LogP contribution in [0.15, 0.2) is 28.7 Å². The number of nitrogens with zero attached hydrogens (tertiary/aromatic N) is 1. The lowest BCUT2D eigenvalue weighted by Gasteiger charge is -2.03. The summed E-state index contributed by atoms with van der Waals surface area (Å²) in [5.74, 6) is 1.65. The topological polar surface area (TPSA) is 73.6 Å². The van der Waals surface area contributed by atoms with Crippen molar-refractivity contribution in [2.75, 3.05) is 27.4 Å². The van der Waals surface area contributed by atoms with Crippen LogP contribution in [-0.4, -0.2) is 38.3 Å². The van der Waals surface area contributed by atoms with E-state index in [9.17, 15) is 4.79 Å². The van der Waals surface area contributed by atoms with E-state index in [0.717, 1.165) is 5.56 Å². The zero-order valence-electron chi connectivity index (χ0n) is 13.0. The number of benzene rings is 1. The summed E-state index contributed by atoms with van der Waals surface area (Å²) in [7, 11) is 3.19. The van der Waals surface area contributed by atoms with E-state index in [-0.39, 0.29) is 12.3 Å². The predicted octanol–water partition coefficient (Wildman–Crippen LogP) is 1.96. The van der Waals surface area contributed by atoms with Gasteiger partial charge in [0.2, 0.25) is 11.8 Å². The van der Waals surface area contributed by atoms with Crippen molar-refractivity contribution >= 4 is 5.91 Å². The number of carbonyl (C=O) groups is 1. The largest absolute Gasteiger partial charge is 0.496 e. The summed E-state index contributed by atoms with van der Waals surface area (Å²) >= 11 is 0. The van der Waals surface area contributed by atoms with Gasteiger partial charge in [0, 0.05) is 13.7 Å². The molecule has 6 nitrogen and oxygen atoms in total. The number of hydrogen-bond donors (Lipinski definition) is 1. The molecule has 22 heavy (non-hydrogen) atoms. The van der Waals surface area contributed by atoms with E-state index >= 15 is 0 Å². The molecule has 118 valence electrons. The Bertz CT molecular complexity index is 637. The van der Waals surface area contributed by atoms with Crippen LogP contribution in [0.2, 0.25) is 0 Å². The van der Waals surface area contributed by atoms with Crippen molar-refractivity contribution < 1.29 is 18.7 Å². The number of nitrogens with one attached hydrogen (secondary N) is 1. The second kappa shape index (κ2) is 7.61. The summed E-state index contributed by atoms with van der Waals surface area (Å²) in [6, 6.07) is 7.47. The first kappa shape index (κ1) is 16.0. The zero-order valence-corrected chi connectivity index (χ0v) is 13.0. The highest BCUT2D eigenvalue weighted by Gasteiger charge is 2.16. The average molecular weight is 304 g/mol. The van der Waals surface area contributed by atoms with Gasteiger partial charge < -0.3 is 19.2 Å². The first-order valence-electron chi connectivity index (χ1n) is 7.01. The van der Waals surface area contributed by atoms with Crippen LogP contribution in [0.25, 0.3) is 11.5 Å². The molecule has 0 unspecified atom stereocenters. The maximum atomic E-state index is 11.8. The zero-order chi connectivity index (χ0) is 15.9. The highest BCUT2D eigenvalue weighted by atomic mass is 16.5. The number of oxazole rings is 1. The van der Waals surface area contributed by atoms with Gasteiger partial charge in [-0.25, -0.2) is 4.98 Å². The summed E-state index contributed by atoms with van der Waals surface area (Å²) < 4.78 is 15.9. The minimum absolute atomic E-state index is 0.111. The lowest BCUT2D eigenvalue weighted by molar-refractivity contribution is -0.120. The molecule has 0 atom stereocenters. The van der Waals surface area contributed by atoms with Crippen molar-refractivity contribution in [2.24, 2.45) is 0 Å². The molecule has 0 radical (unpaired) electrons. The molecule has 1 amide bonds. The minimum atomic E-state index is -0.111. The molecule has 0 bridgehead atoms. The molecule has 0 spiro atoms. The van der Waals surface area contributed by atoms with E-state index in [1.165, 1.54) is 0 Å². The number of methoxy groups -OCH3 is 2. The summed E-state index contributed by atoms with van der Waals surface area (Å²) in [5, 5.41) is 2.76. The highest BCUT2D eigenvalue weighted by Crippen LogP contribution is 2.30. The fourth-order valence-electron chi connectivity index (χ4n) is 2.04. The number of rotatable bonds is 7. The molecule has 2 aromatic rings. The van der Waals surface area contributed by atoms with E-state index < -0.39 is 0 Å². The van der Waals surface area contributed by atoms with Crippen molar-refractivity contribution in [3.8, 4) is 17.2 Å². The molecular formula is C16H20N2O4. The molecule has 0 aliphatic heterocycles. The van der Waals surface area contributed by atoms with Gasteiger partial charge in [0.05, 0.1) is 31.4 Å². The number of aromatic nitrogens is 1. The second-order valence-corrected chi connectivity index (χ2v) is 4.74. The Balaban J connectivity index is 2.13. The van der Waals surface area contributed by atoms with Crippen LogP contribution in [0.5, 0.6) is 5.75 Å². The van der Waals surface area contributed by atoms with Gasteiger partial charge in [-0.2, -0.15) is 0 Å². The smallest absolute Gasteiger partial charge is 0.230 e. The number of hydrogen-bond acceptors (Lipinski definition) is 5. The van der Waals surface area contributed by atoms with Gasteiger partial charge in [0.25, 0.3) is 0 Å². The molecule has 2 rings (SSSR count). The van der Waals surface area contributed by atoms with Crippen molar-refractivity contribution in [2.45, 2.75) is 13.3 Å². The number of carbonyl (C=O) groups excluding carboxylic acids is 1. The first-order valence-corrected chi connectivity index (χ1v) is 7.01. The van der Waals surface area contributed by atoms with Gasteiger partial charge >= 0.3 is 0 Å². The maximum Gasteiger partial charge on any atom is 0.230 e. The lowest BCUT2D eigenvalue weighted by atomic mass is 10.2. The van der Waals surface area contributed by atoms with E-state index in [1.54, 1.807) is 21.1 Å². The molecule has 0 aliphatic rings. The predicted molar refractivity (Wildman–Crippen MR) is 81.8 cm³/mol. The highest BCUT2D eigenvalue weighted by molar-refractivity contribution is 5.78. The molecule has 1 N–H and O–H groups in total. The molecule has 0 saturated carbocycles. The van der Waals surface area contributed by atoms with Gasteiger partial charge in [0.15, 0.2) is 0 Å². The fourth-order valence-corrected chi connectivity index (χ4v) is 2.04. The van der Waals surface area contributed by atoms with Crippen molar-refractivity contribution in [1.82, 2.24) is 10.3 Å². The lowest BCUT2D eigenvalue weighted by Crippen LogP contribution is -2.28. The Kier molecular flexibility index (Phi) is 5.55. The Morgan fingerprint density at radius 1 is 1.32 bits per heavy atom. The summed E-state index contributed by atoms with van der Waals surface area (Å²) in [4.78, 5) is 16.3. The summed E-state index contributed by atoms with van der Waals surface area (Å²) in [6.07, 6.45) is 0.175. The molecule has 1 aromatic carbocycles. The molecule has 0 fully saturated rings. The molecule has 1 aromatic heterocycles. The van der Waals surface area contributed by atoms with E-state index in [0.29, 0.717) is 36.2 Å². The number of amides is 1. The van der Waals surface area contributed by atoms with Crippen LogP contribution in [0.1, 0.15) is 11.5 Å². The van der Waals surface area contributed by atoms with Gasteiger partial charge in [-0.3, -0.25) is 4.79 Å². The van der Waals surface area contributed by atoms with Crippen molar-refractivity contribution in [3.05, 3.63) is 35.7 Å². The van der Waals surface area contributed by atoms with Gasteiger partial charge in [-0.1, -0.05) is 12.1 Å². The van der Waals surface area contributed by atoms with Crippen LogP contribution in [0, 0.1) is 6.92 Å². The van der Waals surface area contributed by atoms with Crippen LogP contribution in [0.3, 0.4) is 0 Å². The van der Waals surface area contributed by atoms with Gasteiger partial charge in [0.1, 0.15) is 11.5 Å². The van der Waals surface area contributed by atoms with Gasteiger partial charge in [-0.05, 0) is 19.1 Å². The summed E-state index contributed by atoms with van der Waals surface area (Å²) in [5.41, 5.74) is 1.38. The van der Waals surface area contributed by atoms with Crippen molar-refractivity contribution in [1.29, 1.82) is 0 Å². The number of para-hydroxylation sites is 1. The molecule has 0 saturated heterocycles.